The van der Waals surface area contributed by atoms with E-state index in [1.165, 1.54) is 0 Å². The van der Waals surface area contributed by atoms with E-state index in [9.17, 15) is 0 Å². The monoisotopic (exact) mass is 263 g/mol. The molecule has 0 aliphatic rings. The average molecular weight is 263 g/mol. The number of para-hydroxylation sites is 2. The number of hydrogen-bond donors (Lipinski definition) is 0. The highest BCUT2D eigenvalue weighted by atomic mass is 16.5. The van der Waals surface area contributed by atoms with Crippen molar-refractivity contribution in [2.75, 3.05) is 7.11 Å². The fourth-order valence-corrected chi connectivity index (χ4v) is 2.34. The van der Waals surface area contributed by atoms with Crippen LogP contribution >= 0.6 is 0 Å². The summed E-state index contributed by atoms with van der Waals surface area (Å²) in [5.74, 6) is 1.97. The smallest absolute Gasteiger partial charge is 0.178 e. The van der Waals surface area contributed by atoms with Gasteiger partial charge in [0.1, 0.15) is 5.58 Å². The summed E-state index contributed by atoms with van der Waals surface area (Å²) in [6, 6.07) is 18.7. The van der Waals surface area contributed by atoms with Crippen LogP contribution in [0, 0.1) is 6.07 Å². The van der Waals surface area contributed by atoms with Crippen molar-refractivity contribution < 1.29 is 13.6 Å². The minimum Gasteiger partial charge on any atom is -0.493 e. The van der Waals surface area contributed by atoms with E-state index in [1.807, 2.05) is 48.5 Å². The van der Waals surface area contributed by atoms with Crippen LogP contribution in [0.3, 0.4) is 0 Å². The maximum atomic E-state index is 5.86. The number of fused-ring (bicyclic) bond motifs is 2. The van der Waals surface area contributed by atoms with Gasteiger partial charge in [-0.3, -0.25) is 0 Å². The molecule has 0 aliphatic heterocycles. The standard InChI is InChI=1S/C17H11O3/c1-18-14-8-4-6-12-10-16(20-17(12)14)15-9-11-5-2-3-7-13(11)19-15/h2-8,10H,1H3. The topological polar surface area (TPSA) is 35.5 Å². The number of furan rings is 2. The Labute approximate surface area is 115 Å². The van der Waals surface area contributed by atoms with E-state index in [-0.39, 0.29) is 0 Å². The van der Waals surface area contributed by atoms with Gasteiger partial charge < -0.3 is 13.6 Å². The van der Waals surface area contributed by atoms with Gasteiger partial charge in [0.2, 0.25) is 0 Å². The Kier molecular flexibility index (Phi) is 2.33. The van der Waals surface area contributed by atoms with E-state index in [4.69, 9.17) is 13.6 Å². The molecule has 0 aliphatic carbocycles. The maximum Gasteiger partial charge on any atom is 0.178 e. The maximum absolute atomic E-state index is 5.86. The van der Waals surface area contributed by atoms with Crippen molar-refractivity contribution in [1.29, 1.82) is 0 Å². The van der Waals surface area contributed by atoms with Crippen molar-refractivity contribution in [3.8, 4) is 17.3 Å². The Morgan fingerprint density at radius 1 is 1.00 bits per heavy atom. The summed E-state index contributed by atoms with van der Waals surface area (Å²) in [5, 5.41) is 1.92. The zero-order chi connectivity index (χ0) is 13.5. The van der Waals surface area contributed by atoms with Crippen LogP contribution in [0.2, 0.25) is 0 Å². The van der Waals surface area contributed by atoms with E-state index in [0.717, 1.165) is 21.9 Å². The van der Waals surface area contributed by atoms with Crippen molar-refractivity contribution in [2.45, 2.75) is 0 Å². The molecule has 0 spiro atoms. The van der Waals surface area contributed by atoms with Crippen LogP contribution in [0.5, 0.6) is 5.75 Å². The van der Waals surface area contributed by atoms with Crippen LogP contribution in [0.1, 0.15) is 0 Å². The molecule has 0 amide bonds. The second-order valence-electron chi connectivity index (χ2n) is 4.54. The first-order chi connectivity index (χ1) is 9.85. The molecule has 0 bridgehead atoms. The molecular weight excluding hydrogens is 252 g/mol. The first-order valence-electron chi connectivity index (χ1n) is 6.33. The van der Waals surface area contributed by atoms with Gasteiger partial charge in [-0.25, -0.2) is 0 Å². The molecule has 0 unspecified atom stereocenters. The molecule has 1 radical (unpaired) electrons. The quantitative estimate of drug-likeness (QED) is 0.528. The number of ether oxygens (including phenoxy) is 1. The van der Waals surface area contributed by atoms with Gasteiger partial charge in [0, 0.05) is 16.8 Å². The minimum atomic E-state index is 0.601. The zero-order valence-electron chi connectivity index (χ0n) is 10.8. The summed E-state index contributed by atoms with van der Waals surface area (Å²) in [4.78, 5) is 0. The summed E-state index contributed by atoms with van der Waals surface area (Å²) >= 11 is 0. The molecule has 4 aromatic rings. The molecule has 20 heavy (non-hydrogen) atoms. The lowest BCUT2D eigenvalue weighted by Gasteiger charge is -1.98. The second kappa shape index (κ2) is 4.17. The lowest BCUT2D eigenvalue weighted by molar-refractivity contribution is 0.410. The molecule has 97 valence electrons. The lowest BCUT2D eigenvalue weighted by Crippen LogP contribution is -1.81. The first-order valence-corrected chi connectivity index (χ1v) is 6.33. The molecule has 0 N–H and O–H groups in total. The second-order valence-corrected chi connectivity index (χ2v) is 4.54. The summed E-state index contributed by atoms with van der Waals surface area (Å²) in [5.41, 5.74) is 1.52. The molecule has 4 rings (SSSR count). The SMILES string of the molecule is COc1cccc2cc(-c3[c]c4ccccc4o3)oc12. The van der Waals surface area contributed by atoms with Crippen molar-refractivity contribution in [2.24, 2.45) is 0 Å². The molecule has 0 atom stereocenters. The Morgan fingerprint density at radius 3 is 2.75 bits per heavy atom. The highest BCUT2D eigenvalue weighted by molar-refractivity contribution is 5.88. The predicted octanol–water partition coefficient (Wildman–Crippen LogP) is 4.65. The summed E-state index contributed by atoms with van der Waals surface area (Å²) < 4.78 is 16.9. The molecule has 3 nitrogen and oxygen atoms in total. The fourth-order valence-electron chi connectivity index (χ4n) is 2.34. The van der Waals surface area contributed by atoms with E-state index < -0.39 is 0 Å². The largest absolute Gasteiger partial charge is 0.493 e. The van der Waals surface area contributed by atoms with Gasteiger partial charge in [-0.05, 0) is 18.2 Å². The average Bonchev–Trinajstić information content (AvgIpc) is 3.09. The highest BCUT2D eigenvalue weighted by Crippen LogP contribution is 2.35. The third-order valence-electron chi connectivity index (χ3n) is 3.30. The van der Waals surface area contributed by atoms with E-state index in [2.05, 4.69) is 6.07 Å². The van der Waals surface area contributed by atoms with E-state index in [1.54, 1.807) is 7.11 Å². The van der Waals surface area contributed by atoms with E-state index in [0.29, 0.717) is 17.3 Å². The third kappa shape index (κ3) is 1.60. The third-order valence-corrected chi connectivity index (χ3v) is 3.30. The van der Waals surface area contributed by atoms with Crippen LogP contribution in [0.15, 0.2) is 57.4 Å². The predicted molar refractivity (Wildman–Crippen MR) is 76.8 cm³/mol. The number of rotatable bonds is 2. The van der Waals surface area contributed by atoms with Crippen molar-refractivity contribution in [3.05, 3.63) is 54.6 Å². The number of methoxy groups -OCH3 is 1. The van der Waals surface area contributed by atoms with Gasteiger partial charge in [-0.1, -0.05) is 30.3 Å². The zero-order valence-corrected chi connectivity index (χ0v) is 10.8. The van der Waals surface area contributed by atoms with Crippen LogP contribution in [0.25, 0.3) is 33.5 Å². The summed E-state index contributed by atoms with van der Waals surface area (Å²) in [6.45, 7) is 0. The van der Waals surface area contributed by atoms with Gasteiger partial charge >= 0.3 is 0 Å². The Hall–Kier alpha value is -2.68. The molecular formula is C17H11O3. The van der Waals surface area contributed by atoms with Crippen molar-refractivity contribution >= 4 is 21.9 Å². The molecule has 3 heteroatoms. The van der Waals surface area contributed by atoms with Gasteiger partial charge in [0.15, 0.2) is 22.9 Å². The number of hydrogen-bond acceptors (Lipinski definition) is 3. The van der Waals surface area contributed by atoms with Gasteiger partial charge in [0.25, 0.3) is 0 Å². The molecule has 0 fully saturated rings. The highest BCUT2D eigenvalue weighted by Gasteiger charge is 2.14. The van der Waals surface area contributed by atoms with Crippen LogP contribution in [-0.2, 0) is 0 Å². The van der Waals surface area contributed by atoms with E-state index >= 15 is 0 Å². The molecule has 2 aromatic carbocycles. The van der Waals surface area contributed by atoms with Gasteiger partial charge in [0.05, 0.1) is 7.11 Å². The lowest BCUT2D eigenvalue weighted by atomic mass is 10.2. The number of benzene rings is 2. The minimum absolute atomic E-state index is 0.601. The van der Waals surface area contributed by atoms with Crippen LogP contribution in [0.4, 0.5) is 0 Å². The first kappa shape index (κ1) is 11.2. The van der Waals surface area contributed by atoms with Gasteiger partial charge in [-0.15, -0.1) is 0 Å². The van der Waals surface area contributed by atoms with Crippen LogP contribution < -0.4 is 4.74 Å². The Balaban J connectivity index is 1.93. The summed E-state index contributed by atoms with van der Waals surface area (Å²) in [7, 11) is 1.63. The summed E-state index contributed by atoms with van der Waals surface area (Å²) in [6.07, 6.45) is 0. The molecule has 2 heterocycles. The molecule has 2 aromatic heterocycles. The fraction of sp³-hybridized carbons (Fsp3) is 0.0588. The Bertz CT molecular complexity index is 866. The normalized spacial score (nSPS) is 11.2. The van der Waals surface area contributed by atoms with Crippen LogP contribution in [-0.4, -0.2) is 7.11 Å². The van der Waals surface area contributed by atoms with Gasteiger partial charge in [-0.2, -0.15) is 0 Å². The van der Waals surface area contributed by atoms with Crippen molar-refractivity contribution in [3.63, 3.8) is 0 Å². The molecule has 0 saturated carbocycles. The van der Waals surface area contributed by atoms with Crippen molar-refractivity contribution in [1.82, 2.24) is 0 Å². The molecule has 0 saturated heterocycles. The Morgan fingerprint density at radius 2 is 1.90 bits per heavy atom.